The van der Waals surface area contributed by atoms with E-state index in [9.17, 15) is 0 Å². The van der Waals surface area contributed by atoms with Gasteiger partial charge in [-0.3, -0.25) is 4.99 Å². The van der Waals surface area contributed by atoms with Crippen molar-refractivity contribution in [3.05, 3.63) is 40.1 Å². The fourth-order valence-corrected chi connectivity index (χ4v) is 2.72. The van der Waals surface area contributed by atoms with Crippen molar-refractivity contribution in [1.29, 1.82) is 0 Å². The third-order valence-corrected chi connectivity index (χ3v) is 4.08. The number of nitrogens with zero attached hydrogens (tertiary/aromatic N) is 2. The van der Waals surface area contributed by atoms with E-state index in [0.29, 0.717) is 6.79 Å². The van der Waals surface area contributed by atoms with Crippen LogP contribution in [0.5, 0.6) is 11.5 Å². The standard InChI is InChI=1S/C16H18N2O2S/c1-18(2)6-5-12-8-15-16(20-11-19-15)9-14(12)17-10-13-4-3-7-21-13/h3-4,7-10H,5-6,11H2,1-2H3. The Kier molecular flexibility index (Phi) is 4.22. The van der Waals surface area contributed by atoms with Crippen LogP contribution in [0.15, 0.2) is 34.6 Å². The molecule has 0 saturated carbocycles. The van der Waals surface area contributed by atoms with Crippen LogP contribution in [0.2, 0.25) is 0 Å². The highest BCUT2D eigenvalue weighted by Gasteiger charge is 2.17. The van der Waals surface area contributed by atoms with Crippen LogP contribution in [-0.2, 0) is 6.42 Å². The summed E-state index contributed by atoms with van der Waals surface area (Å²) in [6.45, 7) is 1.27. The summed E-state index contributed by atoms with van der Waals surface area (Å²) in [5, 5.41) is 2.05. The molecule has 0 bridgehead atoms. The van der Waals surface area contributed by atoms with Gasteiger partial charge in [-0.05, 0) is 43.6 Å². The zero-order valence-electron chi connectivity index (χ0n) is 12.2. The fraction of sp³-hybridized carbons (Fsp3) is 0.312. The van der Waals surface area contributed by atoms with E-state index in [0.717, 1.165) is 35.0 Å². The average molecular weight is 302 g/mol. The topological polar surface area (TPSA) is 34.1 Å². The van der Waals surface area contributed by atoms with Gasteiger partial charge in [0, 0.05) is 23.7 Å². The largest absolute Gasteiger partial charge is 0.454 e. The van der Waals surface area contributed by atoms with Crippen LogP contribution in [0.25, 0.3) is 0 Å². The maximum absolute atomic E-state index is 5.47. The third-order valence-electron chi connectivity index (χ3n) is 3.28. The Morgan fingerprint density at radius 3 is 2.81 bits per heavy atom. The first-order chi connectivity index (χ1) is 10.2. The summed E-state index contributed by atoms with van der Waals surface area (Å²) in [6.07, 6.45) is 2.84. The lowest BCUT2D eigenvalue weighted by atomic mass is 10.1. The lowest BCUT2D eigenvalue weighted by Gasteiger charge is -2.11. The smallest absolute Gasteiger partial charge is 0.231 e. The molecule has 0 unspecified atom stereocenters. The molecule has 0 fully saturated rings. The van der Waals surface area contributed by atoms with Crippen LogP contribution in [0.3, 0.4) is 0 Å². The van der Waals surface area contributed by atoms with Gasteiger partial charge in [0.15, 0.2) is 11.5 Å². The Morgan fingerprint density at radius 1 is 1.29 bits per heavy atom. The number of thiophene rings is 1. The van der Waals surface area contributed by atoms with Gasteiger partial charge in [0.05, 0.1) is 5.69 Å². The van der Waals surface area contributed by atoms with Crippen molar-refractivity contribution in [2.45, 2.75) is 6.42 Å². The number of ether oxygens (including phenoxy) is 2. The van der Waals surface area contributed by atoms with Gasteiger partial charge in [-0.2, -0.15) is 0 Å². The Balaban J connectivity index is 1.89. The van der Waals surface area contributed by atoms with Gasteiger partial charge in [0.2, 0.25) is 6.79 Å². The molecule has 0 spiro atoms. The molecule has 3 rings (SSSR count). The molecule has 1 aromatic carbocycles. The number of hydrogen-bond acceptors (Lipinski definition) is 5. The molecule has 0 radical (unpaired) electrons. The monoisotopic (exact) mass is 302 g/mol. The normalized spacial score (nSPS) is 13.5. The molecule has 0 aliphatic carbocycles. The average Bonchev–Trinajstić information content (AvgIpc) is 3.12. The third kappa shape index (κ3) is 3.43. The lowest BCUT2D eigenvalue weighted by molar-refractivity contribution is 0.174. The molecule has 5 heteroatoms. The van der Waals surface area contributed by atoms with E-state index in [-0.39, 0.29) is 0 Å². The second-order valence-electron chi connectivity index (χ2n) is 5.16. The number of benzene rings is 1. The highest BCUT2D eigenvalue weighted by molar-refractivity contribution is 7.11. The number of aliphatic imine (C=N–C) groups is 1. The number of likely N-dealkylation sites (N-methyl/N-ethyl adjacent to an activating group) is 1. The van der Waals surface area contributed by atoms with Crippen molar-refractivity contribution in [1.82, 2.24) is 4.90 Å². The fourth-order valence-electron chi connectivity index (χ4n) is 2.14. The van der Waals surface area contributed by atoms with Gasteiger partial charge in [-0.1, -0.05) is 6.07 Å². The van der Waals surface area contributed by atoms with E-state index in [1.165, 1.54) is 5.56 Å². The van der Waals surface area contributed by atoms with E-state index in [1.54, 1.807) is 11.3 Å². The predicted molar refractivity (Wildman–Crippen MR) is 86.4 cm³/mol. The van der Waals surface area contributed by atoms with Crippen molar-refractivity contribution in [3.63, 3.8) is 0 Å². The molecule has 2 heterocycles. The minimum Gasteiger partial charge on any atom is -0.454 e. The minimum atomic E-state index is 0.292. The van der Waals surface area contributed by atoms with Crippen molar-refractivity contribution >= 4 is 23.2 Å². The molecule has 110 valence electrons. The first-order valence-corrected chi connectivity index (χ1v) is 7.75. The highest BCUT2D eigenvalue weighted by atomic mass is 32.1. The van der Waals surface area contributed by atoms with Crippen LogP contribution in [0, 0.1) is 0 Å². The van der Waals surface area contributed by atoms with Crippen LogP contribution in [0.1, 0.15) is 10.4 Å². The molecule has 4 nitrogen and oxygen atoms in total. The van der Waals surface area contributed by atoms with E-state index in [2.05, 4.69) is 30.1 Å². The van der Waals surface area contributed by atoms with Gasteiger partial charge in [-0.15, -0.1) is 11.3 Å². The Labute approximate surface area is 128 Å². The van der Waals surface area contributed by atoms with E-state index >= 15 is 0 Å². The molecular formula is C16H18N2O2S. The number of rotatable bonds is 5. The molecule has 0 amide bonds. The first kappa shape index (κ1) is 14.1. The van der Waals surface area contributed by atoms with E-state index in [4.69, 9.17) is 9.47 Å². The van der Waals surface area contributed by atoms with Gasteiger partial charge in [-0.25, -0.2) is 0 Å². The maximum Gasteiger partial charge on any atom is 0.231 e. The van der Waals surface area contributed by atoms with Crippen molar-refractivity contribution in [2.75, 3.05) is 27.4 Å². The SMILES string of the molecule is CN(C)CCc1cc2c(cc1N=Cc1cccs1)OCO2. The molecule has 0 saturated heterocycles. The second kappa shape index (κ2) is 6.28. The molecular weight excluding hydrogens is 284 g/mol. The molecule has 0 N–H and O–H groups in total. The summed E-state index contributed by atoms with van der Waals surface area (Å²) in [4.78, 5) is 7.94. The van der Waals surface area contributed by atoms with E-state index in [1.807, 2.05) is 29.8 Å². The van der Waals surface area contributed by atoms with Crippen molar-refractivity contribution in [3.8, 4) is 11.5 Å². The van der Waals surface area contributed by atoms with Crippen LogP contribution >= 0.6 is 11.3 Å². The van der Waals surface area contributed by atoms with Gasteiger partial charge in [0.25, 0.3) is 0 Å². The summed E-state index contributed by atoms with van der Waals surface area (Å²) < 4.78 is 10.9. The quantitative estimate of drug-likeness (QED) is 0.795. The molecule has 0 atom stereocenters. The van der Waals surface area contributed by atoms with Crippen molar-refractivity contribution in [2.24, 2.45) is 4.99 Å². The van der Waals surface area contributed by atoms with Crippen LogP contribution in [0.4, 0.5) is 5.69 Å². The summed E-state index contributed by atoms with van der Waals surface area (Å²) in [6, 6.07) is 8.10. The van der Waals surface area contributed by atoms with Crippen LogP contribution in [-0.4, -0.2) is 38.5 Å². The Bertz CT molecular complexity index is 636. The molecule has 2 aromatic rings. The highest BCUT2D eigenvalue weighted by Crippen LogP contribution is 2.38. The zero-order chi connectivity index (χ0) is 14.7. The lowest BCUT2D eigenvalue weighted by Crippen LogP contribution is -2.15. The number of fused-ring (bicyclic) bond motifs is 1. The van der Waals surface area contributed by atoms with E-state index < -0.39 is 0 Å². The molecule has 1 aliphatic heterocycles. The first-order valence-electron chi connectivity index (χ1n) is 6.87. The van der Waals surface area contributed by atoms with Gasteiger partial charge >= 0.3 is 0 Å². The number of hydrogen-bond donors (Lipinski definition) is 0. The summed E-state index contributed by atoms with van der Waals surface area (Å²) in [7, 11) is 4.14. The van der Waals surface area contributed by atoms with Gasteiger partial charge in [0.1, 0.15) is 0 Å². The second-order valence-corrected chi connectivity index (χ2v) is 6.14. The molecule has 21 heavy (non-hydrogen) atoms. The maximum atomic E-state index is 5.47. The summed E-state index contributed by atoms with van der Waals surface area (Å²) in [5.41, 5.74) is 2.13. The Morgan fingerprint density at radius 2 is 2.10 bits per heavy atom. The molecule has 1 aromatic heterocycles. The van der Waals surface area contributed by atoms with Crippen molar-refractivity contribution < 1.29 is 9.47 Å². The van der Waals surface area contributed by atoms with Crippen LogP contribution < -0.4 is 9.47 Å². The predicted octanol–water partition coefficient (Wildman–Crippen LogP) is 3.33. The van der Waals surface area contributed by atoms with Gasteiger partial charge < -0.3 is 14.4 Å². The zero-order valence-corrected chi connectivity index (χ0v) is 13.0. The summed E-state index contributed by atoms with van der Waals surface area (Å²) in [5.74, 6) is 1.60. The minimum absolute atomic E-state index is 0.292. The Hall–Kier alpha value is -1.85. The molecule has 1 aliphatic rings. The summed E-state index contributed by atoms with van der Waals surface area (Å²) >= 11 is 1.68.